The molecule has 0 aliphatic carbocycles. The minimum atomic E-state index is 0. The molecule has 1 aliphatic rings. The molecule has 2 rings (SSSR count). The number of halogens is 1. The maximum Gasteiger partial charge on any atom is 0.191 e. The molecule has 1 aromatic carbocycles. The van der Waals surface area contributed by atoms with Gasteiger partial charge in [0.25, 0.3) is 0 Å². The Morgan fingerprint density at radius 1 is 1.23 bits per heavy atom. The van der Waals surface area contributed by atoms with Crippen LogP contribution >= 0.6 is 24.0 Å². The number of nitrogens with zero attached hydrogens (tertiary/aromatic N) is 3. The van der Waals surface area contributed by atoms with Gasteiger partial charge in [0, 0.05) is 45.3 Å². The largest absolute Gasteiger partial charge is 0.355 e. The third kappa shape index (κ3) is 7.40. The van der Waals surface area contributed by atoms with Crippen LogP contribution in [0.15, 0.2) is 35.3 Å². The lowest BCUT2D eigenvalue weighted by Gasteiger charge is -2.22. The van der Waals surface area contributed by atoms with Gasteiger partial charge in [-0.2, -0.15) is 0 Å². The van der Waals surface area contributed by atoms with Crippen molar-refractivity contribution in [2.75, 3.05) is 39.8 Å². The molecule has 5 nitrogen and oxygen atoms in total. The van der Waals surface area contributed by atoms with Crippen molar-refractivity contribution in [1.82, 2.24) is 20.4 Å². The SMILES string of the molecule is CCN(CC)CCNC(=NC)NC1CC(C)N(Cc2ccccc2)C1.I. The Bertz CT molecular complexity index is 518. The van der Waals surface area contributed by atoms with E-state index in [4.69, 9.17) is 0 Å². The first kappa shape index (κ1) is 23.2. The number of nitrogens with one attached hydrogen (secondary N) is 2. The van der Waals surface area contributed by atoms with Crippen LogP contribution in [0.2, 0.25) is 0 Å². The number of hydrogen-bond donors (Lipinski definition) is 2. The Morgan fingerprint density at radius 3 is 2.54 bits per heavy atom. The Hall–Kier alpha value is -0.860. The Balaban J connectivity index is 0.00000338. The first-order valence-corrected chi connectivity index (χ1v) is 9.63. The van der Waals surface area contributed by atoms with Crippen LogP contribution in [-0.2, 0) is 6.54 Å². The summed E-state index contributed by atoms with van der Waals surface area (Å²) in [6.45, 7) is 13.0. The predicted molar refractivity (Wildman–Crippen MR) is 122 cm³/mol. The summed E-state index contributed by atoms with van der Waals surface area (Å²) >= 11 is 0. The minimum Gasteiger partial charge on any atom is -0.355 e. The fourth-order valence-electron chi connectivity index (χ4n) is 3.50. The van der Waals surface area contributed by atoms with Gasteiger partial charge in [-0.05, 0) is 32.0 Å². The fourth-order valence-corrected chi connectivity index (χ4v) is 3.50. The Morgan fingerprint density at radius 2 is 1.92 bits per heavy atom. The molecular weight excluding hydrogens is 437 g/mol. The van der Waals surface area contributed by atoms with Gasteiger partial charge in [-0.15, -0.1) is 24.0 Å². The van der Waals surface area contributed by atoms with Gasteiger partial charge in [0.1, 0.15) is 0 Å². The second-order valence-corrected chi connectivity index (χ2v) is 6.87. The maximum atomic E-state index is 4.39. The number of aliphatic imine (C=N–C) groups is 1. The average Bonchev–Trinajstić information content (AvgIpc) is 2.97. The first-order valence-electron chi connectivity index (χ1n) is 9.63. The molecule has 0 spiro atoms. The lowest BCUT2D eigenvalue weighted by atomic mass is 10.2. The van der Waals surface area contributed by atoms with E-state index in [0.29, 0.717) is 12.1 Å². The highest BCUT2D eigenvalue weighted by molar-refractivity contribution is 14.0. The zero-order valence-electron chi connectivity index (χ0n) is 16.7. The maximum absolute atomic E-state index is 4.39. The van der Waals surface area contributed by atoms with Crippen LogP contribution < -0.4 is 10.6 Å². The highest BCUT2D eigenvalue weighted by Gasteiger charge is 2.29. The van der Waals surface area contributed by atoms with Crippen LogP contribution in [0, 0.1) is 0 Å². The number of likely N-dealkylation sites (tertiary alicyclic amines) is 1. The van der Waals surface area contributed by atoms with E-state index in [1.54, 1.807) is 0 Å². The molecule has 1 saturated heterocycles. The van der Waals surface area contributed by atoms with Crippen LogP contribution in [0.1, 0.15) is 32.8 Å². The van der Waals surface area contributed by atoms with Crippen molar-refractivity contribution in [3.63, 3.8) is 0 Å². The van der Waals surface area contributed by atoms with Crippen LogP contribution in [0.25, 0.3) is 0 Å². The third-order valence-electron chi connectivity index (χ3n) is 5.11. The van der Waals surface area contributed by atoms with Gasteiger partial charge < -0.3 is 15.5 Å². The molecule has 0 radical (unpaired) electrons. The number of hydrogen-bond acceptors (Lipinski definition) is 3. The molecule has 0 aromatic heterocycles. The van der Waals surface area contributed by atoms with E-state index < -0.39 is 0 Å². The highest BCUT2D eigenvalue weighted by atomic mass is 127. The van der Waals surface area contributed by atoms with Crippen LogP contribution in [-0.4, -0.2) is 67.6 Å². The van der Waals surface area contributed by atoms with Gasteiger partial charge in [0.2, 0.25) is 0 Å². The van der Waals surface area contributed by atoms with E-state index in [1.165, 1.54) is 5.56 Å². The quantitative estimate of drug-likeness (QED) is 0.346. The molecular formula is C20H36IN5. The number of guanidine groups is 1. The molecule has 26 heavy (non-hydrogen) atoms. The average molecular weight is 473 g/mol. The zero-order valence-corrected chi connectivity index (χ0v) is 19.1. The molecule has 2 N–H and O–H groups in total. The van der Waals surface area contributed by atoms with Crippen LogP contribution in [0.3, 0.4) is 0 Å². The zero-order chi connectivity index (χ0) is 18.1. The lowest BCUT2D eigenvalue weighted by Crippen LogP contribution is -2.46. The van der Waals surface area contributed by atoms with Crippen LogP contribution in [0.5, 0.6) is 0 Å². The summed E-state index contributed by atoms with van der Waals surface area (Å²) < 4.78 is 0. The standard InChI is InChI=1S/C20H35N5.HI/c1-5-24(6-2)13-12-22-20(21-4)23-19-14-17(3)25(16-19)15-18-10-8-7-9-11-18;/h7-11,17,19H,5-6,12-16H2,1-4H3,(H2,21,22,23);1H. The second kappa shape index (κ2) is 12.5. The van der Waals surface area contributed by atoms with E-state index in [0.717, 1.165) is 51.6 Å². The molecule has 1 aromatic rings. The van der Waals surface area contributed by atoms with Gasteiger partial charge in [0.05, 0.1) is 0 Å². The molecule has 0 bridgehead atoms. The summed E-state index contributed by atoms with van der Waals surface area (Å²) in [5.74, 6) is 0.922. The number of benzene rings is 1. The van der Waals surface area contributed by atoms with Crippen molar-refractivity contribution in [1.29, 1.82) is 0 Å². The highest BCUT2D eigenvalue weighted by Crippen LogP contribution is 2.20. The van der Waals surface area contributed by atoms with Gasteiger partial charge in [0.15, 0.2) is 5.96 Å². The molecule has 2 atom stereocenters. The van der Waals surface area contributed by atoms with Gasteiger partial charge in [-0.3, -0.25) is 9.89 Å². The van der Waals surface area contributed by atoms with Crippen molar-refractivity contribution in [2.24, 2.45) is 4.99 Å². The smallest absolute Gasteiger partial charge is 0.191 e. The normalized spacial score (nSPS) is 20.9. The summed E-state index contributed by atoms with van der Waals surface area (Å²) in [5, 5.41) is 7.05. The molecule has 6 heteroatoms. The number of rotatable bonds is 8. The molecule has 1 fully saturated rings. The van der Waals surface area contributed by atoms with Gasteiger partial charge in [-0.25, -0.2) is 0 Å². The van der Waals surface area contributed by atoms with Gasteiger partial charge >= 0.3 is 0 Å². The Kier molecular flexibility index (Phi) is 11.2. The summed E-state index contributed by atoms with van der Waals surface area (Å²) in [5.41, 5.74) is 1.39. The van der Waals surface area contributed by atoms with E-state index in [2.05, 4.69) is 76.5 Å². The molecule has 1 heterocycles. The van der Waals surface area contributed by atoms with Crippen molar-refractivity contribution >= 4 is 29.9 Å². The fraction of sp³-hybridized carbons (Fsp3) is 0.650. The minimum absolute atomic E-state index is 0. The van der Waals surface area contributed by atoms with Crippen molar-refractivity contribution < 1.29 is 0 Å². The molecule has 148 valence electrons. The van der Waals surface area contributed by atoms with Gasteiger partial charge in [-0.1, -0.05) is 44.2 Å². The van der Waals surface area contributed by atoms with E-state index in [-0.39, 0.29) is 24.0 Å². The molecule has 1 aliphatic heterocycles. The predicted octanol–water partition coefficient (Wildman–Crippen LogP) is 2.77. The van der Waals surface area contributed by atoms with E-state index in [1.807, 2.05) is 7.05 Å². The third-order valence-corrected chi connectivity index (χ3v) is 5.11. The topological polar surface area (TPSA) is 42.9 Å². The first-order chi connectivity index (χ1) is 12.2. The van der Waals surface area contributed by atoms with E-state index in [9.17, 15) is 0 Å². The van der Waals surface area contributed by atoms with Crippen molar-refractivity contribution in [3.8, 4) is 0 Å². The Labute approximate surface area is 176 Å². The van der Waals surface area contributed by atoms with Crippen molar-refractivity contribution in [3.05, 3.63) is 35.9 Å². The van der Waals surface area contributed by atoms with Crippen molar-refractivity contribution in [2.45, 2.75) is 45.8 Å². The molecule has 0 amide bonds. The second-order valence-electron chi connectivity index (χ2n) is 6.87. The summed E-state index contributed by atoms with van der Waals surface area (Å²) in [6, 6.07) is 11.8. The lowest BCUT2D eigenvalue weighted by molar-refractivity contribution is 0.258. The summed E-state index contributed by atoms with van der Waals surface area (Å²) in [4.78, 5) is 9.36. The molecule has 2 unspecified atom stereocenters. The van der Waals surface area contributed by atoms with E-state index >= 15 is 0 Å². The number of likely N-dealkylation sites (N-methyl/N-ethyl adjacent to an activating group) is 1. The summed E-state index contributed by atoms with van der Waals surface area (Å²) in [7, 11) is 1.85. The monoisotopic (exact) mass is 473 g/mol. The summed E-state index contributed by atoms with van der Waals surface area (Å²) in [6.07, 6.45) is 1.16. The van der Waals surface area contributed by atoms with Crippen LogP contribution in [0.4, 0.5) is 0 Å². The molecule has 0 saturated carbocycles.